The largest absolute Gasteiger partial charge is 0.379 e. The van der Waals surface area contributed by atoms with Gasteiger partial charge in [-0.1, -0.05) is 44.9 Å². The fourth-order valence-corrected chi connectivity index (χ4v) is 5.23. The number of nitrogens with zero attached hydrogens (tertiary/aromatic N) is 3. The molecule has 0 bridgehead atoms. The van der Waals surface area contributed by atoms with E-state index >= 15 is 0 Å². The Hall–Kier alpha value is -1.51. The number of hydrogen-bond donors (Lipinski definition) is 0. The number of anilines is 1. The number of morpholine rings is 1. The second kappa shape index (κ2) is 9.10. The summed E-state index contributed by atoms with van der Waals surface area (Å²) in [7, 11) is 0. The number of thiazole rings is 1. The smallest absolute Gasteiger partial charge is 0.260 e. The van der Waals surface area contributed by atoms with Crippen LogP contribution >= 0.6 is 38.9 Å². The van der Waals surface area contributed by atoms with Gasteiger partial charge in [-0.25, -0.2) is 4.98 Å². The molecule has 1 aliphatic rings. The van der Waals surface area contributed by atoms with Gasteiger partial charge in [0.05, 0.1) is 23.4 Å². The van der Waals surface area contributed by atoms with Gasteiger partial charge in [-0.05, 0) is 42.8 Å². The summed E-state index contributed by atoms with van der Waals surface area (Å²) in [6, 6.07) is 11.3. The summed E-state index contributed by atoms with van der Waals surface area (Å²) < 4.78 is 7.30. The molecule has 152 valence electrons. The van der Waals surface area contributed by atoms with Crippen molar-refractivity contribution < 1.29 is 9.53 Å². The van der Waals surface area contributed by atoms with Crippen molar-refractivity contribution in [3.8, 4) is 0 Å². The van der Waals surface area contributed by atoms with Crippen LogP contribution in [0.1, 0.15) is 15.9 Å². The number of hydrogen-bond acceptors (Lipinski definition) is 5. The molecule has 0 N–H and O–H groups in total. The summed E-state index contributed by atoms with van der Waals surface area (Å²) in [5, 5.41) is 1.38. The number of carbonyl (C=O) groups is 1. The summed E-state index contributed by atoms with van der Waals surface area (Å²) in [6.07, 6.45) is 0. The van der Waals surface area contributed by atoms with Crippen molar-refractivity contribution in [3.05, 3.63) is 57.0 Å². The van der Waals surface area contributed by atoms with Crippen LogP contribution in [0, 0.1) is 6.92 Å². The second-order valence-corrected chi connectivity index (χ2v) is 9.35. The molecule has 0 atom stereocenters. The molecule has 1 saturated heterocycles. The number of rotatable bonds is 5. The van der Waals surface area contributed by atoms with Gasteiger partial charge in [-0.15, -0.1) is 0 Å². The molecule has 0 spiro atoms. The molecular weight excluding hydrogens is 474 g/mol. The minimum atomic E-state index is -0.0534. The third-order valence-electron chi connectivity index (χ3n) is 4.93. The van der Waals surface area contributed by atoms with Gasteiger partial charge in [0.25, 0.3) is 5.91 Å². The Morgan fingerprint density at radius 3 is 2.86 bits per heavy atom. The van der Waals surface area contributed by atoms with Crippen LogP contribution in [0.5, 0.6) is 0 Å². The van der Waals surface area contributed by atoms with Crippen LogP contribution in [0.25, 0.3) is 10.2 Å². The highest BCUT2D eigenvalue weighted by molar-refractivity contribution is 9.10. The van der Waals surface area contributed by atoms with E-state index in [1.165, 1.54) is 11.3 Å². The highest BCUT2D eigenvalue weighted by Gasteiger charge is 2.23. The zero-order valence-electron chi connectivity index (χ0n) is 16.0. The lowest BCUT2D eigenvalue weighted by Gasteiger charge is -2.29. The summed E-state index contributed by atoms with van der Waals surface area (Å²) in [5.41, 5.74) is 2.54. The van der Waals surface area contributed by atoms with Crippen LogP contribution in [0.15, 0.2) is 40.9 Å². The number of ether oxygens (including phenoxy) is 1. The van der Waals surface area contributed by atoms with Crippen molar-refractivity contribution in [2.45, 2.75) is 6.92 Å². The Morgan fingerprint density at radius 2 is 2.10 bits per heavy atom. The van der Waals surface area contributed by atoms with Crippen LogP contribution in [0.4, 0.5) is 5.13 Å². The fourth-order valence-electron chi connectivity index (χ4n) is 3.39. The lowest BCUT2D eigenvalue weighted by molar-refractivity contribution is 0.0391. The normalized spacial score (nSPS) is 15.0. The molecule has 3 aromatic rings. The standard InChI is InChI=1S/C21H21BrClN3O2S/c1-14-11-17(23)13-18-19(14)24-21(29-18)26(6-5-25-7-9-28-10-8-25)20(27)15-3-2-4-16(22)12-15/h2-4,11-13H,5-10H2,1H3. The Kier molecular flexibility index (Phi) is 6.51. The lowest BCUT2D eigenvalue weighted by atomic mass is 10.2. The summed E-state index contributed by atoms with van der Waals surface area (Å²) in [4.78, 5) is 22.3. The van der Waals surface area contributed by atoms with E-state index < -0.39 is 0 Å². The average Bonchev–Trinajstić information content (AvgIpc) is 3.13. The third-order valence-corrected chi connectivity index (χ3v) is 6.67. The van der Waals surface area contributed by atoms with Gasteiger partial charge < -0.3 is 4.74 Å². The van der Waals surface area contributed by atoms with Crippen LogP contribution in [-0.2, 0) is 4.74 Å². The minimum Gasteiger partial charge on any atom is -0.379 e. The Morgan fingerprint density at radius 1 is 1.31 bits per heavy atom. The number of halogens is 2. The van der Waals surface area contributed by atoms with E-state index in [1.807, 2.05) is 43.3 Å². The zero-order chi connectivity index (χ0) is 20.4. The molecule has 1 aromatic heterocycles. The molecule has 1 amide bonds. The summed E-state index contributed by atoms with van der Waals surface area (Å²) in [6.45, 7) is 6.57. The number of carbonyl (C=O) groups excluding carboxylic acids is 1. The van der Waals surface area contributed by atoms with Crippen molar-refractivity contribution in [1.29, 1.82) is 0 Å². The first-order chi connectivity index (χ1) is 14.0. The summed E-state index contributed by atoms with van der Waals surface area (Å²) >= 11 is 11.2. The fraction of sp³-hybridized carbons (Fsp3) is 0.333. The van der Waals surface area contributed by atoms with Crippen LogP contribution in [0.3, 0.4) is 0 Å². The monoisotopic (exact) mass is 493 g/mol. The predicted octanol–water partition coefficient (Wildman–Crippen LogP) is 5.00. The average molecular weight is 495 g/mol. The van der Waals surface area contributed by atoms with Gasteiger partial charge in [0.15, 0.2) is 5.13 Å². The van der Waals surface area contributed by atoms with Crippen molar-refractivity contribution in [1.82, 2.24) is 9.88 Å². The Labute approximate surface area is 187 Å². The van der Waals surface area contributed by atoms with Gasteiger partial charge in [0.1, 0.15) is 0 Å². The van der Waals surface area contributed by atoms with E-state index in [0.717, 1.165) is 53.1 Å². The molecule has 8 heteroatoms. The molecule has 0 radical (unpaired) electrons. The van der Waals surface area contributed by atoms with E-state index in [-0.39, 0.29) is 5.91 Å². The first kappa shape index (κ1) is 20.8. The van der Waals surface area contributed by atoms with E-state index in [1.54, 1.807) is 4.90 Å². The van der Waals surface area contributed by atoms with Crippen LogP contribution in [0.2, 0.25) is 5.02 Å². The molecule has 29 heavy (non-hydrogen) atoms. The van der Waals surface area contributed by atoms with Gasteiger partial charge in [0.2, 0.25) is 0 Å². The maximum absolute atomic E-state index is 13.4. The van der Waals surface area contributed by atoms with Crippen molar-refractivity contribution in [2.75, 3.05) is 44.3 Å². The second-order valence-electron chi connectivity index (χ2n) is 6.99. The molecular formula is C21H21BrClN3O2S. The number of fused-ring (bicyclic) bond motifs is 1. The Balaban J connectivity index is 1.67. The maximum atomic E-state index is 13.4. The lowest BCUT2D eigenvalue weighted by Crippen LogP contribution is -2.43. The number of aryl methyl sites for hydroxylation is 1. The maximum Gasteiger partial charge on any atom is 0.260 e. The third kappa shape index (κ3) is 4.81. The van der Waals surface area contributed by atoms with Crippen LogP contribution < -0.4 is 4.90 Å². The molecule has 0 aliphatic carbocycles. The van der Waals surface area contributed by atoms with E-state index in [0.29, 0.717) is 22.3 Å². The van der Waals surface area contributed by atoms with Gasteiger partial charge in [-0.3, -0.25) is 14.6 Å². The minimum absolute atomic E-state index is 0.0534. The van der Waals surface area contributed by atoms with Gasteiger partial charge >= 0.3 is 0 Å². The van der Waals surface area contributed by atoms with E-state index in [9.17, 15) is 4.79 Å². The van der Waals surface area contributed by atoms with Crippen molar-refractivity contribution >= 4 is 60.1 Å². The molecule has 0 unspecified atom stereocenters. The highest BCUT2D eigenvalue weighted by atomic mass is 79.9. The quantitative estimate of drug-likeness (QED) is 0.501. The van der Waals surface area contributed by atoms with Crippen molar-refractivity contribution in [2.24, 2.45) is 0 Å². The predicted molar refractivity (Wildman–Crippen MR) is 122 cm³/mol. The van der Waals surface area contributed by atoms with Crippen molar-refractivity contribution in [3.63, 3.8) is 0 Å². The molecule has 0 saturated carbocycles. The molecule has 4 rings (SSSR count). The van der Waals surface area contributed by atoms with Gasteiger partial charge in [-0.2, -0.15) is 0 Å². The first-order valence-electron chi connectivity index (χ1n) is 9.45. The number of amides is 1. The SMILES string of the molecule is Cc1cc(Cl)cc2sc(N(CCN3CCOCC3)C(=O)c3cccc(Br)c3)nc12. The van der Waals surface area contributed by atoms with Crippen LogP contribution in [-0.4, -0.2) is 55.2 Å². The van der Waals surface area contributed by atoms with E-state index in [2.05, 4.69) is 20.8 Å². The number of aromatic nitrogens is 1. The summed E-state index contributed by atoms with van der Waals surface area (Å²) in [5.74, 6) is -0.0534. The zero-order valence-corrected chi connectivity index (χ0v) is 19.2. The molecule has 1 aliphatic heterocycles. The van der Waals surface area contributed by atoms with E-state index in [4.69, 9.17) is 21.3 Å². The molecule has 5 nitrogen and oxygen atoms in total. The number of benzene rings is 2. The molecule has 1 fully saturated rings. The molecule has 2 heterocycles. The first-order valence-corrected chi connectivity index (χ1v) is 11.4. The Bertz CT molecular complexity index is 1040. The topological polar surface area (TPSA) is 45.7 Å². The molecule has 2 aromatic carbocycles. The highest BCUT2D eigenvalue weighted by Crippen LogP contribution is 2.33. The van der Waals surface area contributed by atoms with Gasteiger partial charge in [0, 0.05) is 41.2 Å².